The van der Waals surface area contributed by atoms with Gasteiger partial charge in [0.25, 0.3) is 5.91 Å². The van der Waals surface area contributed by atoms with Crippen molar-refractivity contribution in [2.24, 2.45) is 0 Å². The van der Waals surface area contributed by atoms with Crippen LogP contribution in [0.3, 0.4) is 0 Å². The van der Waals surface area contributed by atoms with Crippen LogP contribution in [0, 0.1) is 0 Å². The molecule has 0 fully saturated rings. The minimum absolute atomic E-state index is 0.0472. The molecule has 0 aliphatic heterocycles. The number of benzene rings is 2. The van der Waals surface area contributed by atoms with Gasteiger partial charge in [-0.3, -0.25) is 9.78 Å². The molecule has 0 saturated heterocycles. The second kappa shape index (κ2) is 6.58. The zero-order valence-corrected chi connectivity index (χ0v) is 13.2. The number of aromatic nitrogens is 1. The van der Waals surface area contributed by atoms with Crippen LogP contribution in [0.1, 0.15) is 0 Å². The molecule has 0 spiro atoms. The summed E-state index contributed by atoms with van der Waals surface area (Å²) in [5.74, 6) is 0.426. The fraction of sp³-hybridized carbons (Fsp3) is 0.0588. The predicted molar refractivity (Wildman–Crippen MR) is 90.0 cm³/mol. The first-order valence-corrected chi connectivity index (χ1v) is 7.53. The van der Waals surface area contributed by atoms with Gasteiger partial charge in [0.2, 0.25) is 0 Å². The average Bonchev–Trinajstić information content (AvgIpc) is 2.54. The molecule has 0 radical (unpaired) electrons. The molecule has 1 aromatic heterocycles. The summed E-state index contributed by atoms with van der Waals surface area (Å²) in [5.41, 5.74) is 1.55. The van der Waals surface area contributed by atoms with Crippen molar-refractivity contribution < 1.29 is 9.53 Å². The van der Waals surface area contributed by atoms with E-state index in [-0.39, 0.29) is 12.5 Å². The molecule has 2 aromatic carbocycles. The van der Waals surface area contributed by atoms with Gasteiger partial charge < -0.3 is 10.1 Å². The Balaban J connectivity index is 1.61. The van der Waals surface area contributed by atoms with Gasteiger partial charge >= 0.3 is 0 Å². The van der Waals surface area contributed by atoms with E-state index in [1.807, 2.05) is 42.5 Å². The number of halogens is 1. The monoisotopic (exact) mass is 356 g/mol. The van der Waals surface area contributed by atoms with Gasteiger partial charge in [0.05, 0.1) is 17.4 Å². The zero-order valence-electron chi connectivity index (χ0n) is 11.6. The van der Waals surface area contributed by atoms with Crippen molar-refractivity contribution in [3.05, 3.63) is 65.3 Å². The normalized spacial score (nSPS) is 10.4. The molecule has 4 nitrogen and oxygen atoms in total. The largest absolute Gasteiger partial charge is 0.484 e. The number of rotatable bonds is 4. The topological polar surface area (TPSA) is 51.2 Å². The number of hydrogen-bond donors (Lipinski definition) is 1. The third-order valence-electron chi connectivity index (χ3n) is 3.06. The third-order valence-corrected chi connectivity index (χ3v) is 3.59. The summed E-state index contributed by atoms with van der Waals surface area (Å²) in [6.07, 6.45) is 1.64. The first-order chi connectivity index (χ1) is 10.7. The van der Waals surface area contributed by atoms with Crippen LogP contribution in [-0.4, -0.2) is 17.5 Å². The first-order valence-electron chi connectivity index (χ1n) is 6.74. The molecule has 5 heteroatoms. The number of ether oxygens (including phenoxy) is 1. The van der Waals surface area contributed by atoms with Gasteiger partial charge in [-0.25, -0.2) is 0 Å². The number of carbonyl (C=O) groups is 1. The van der Waals surface area contributed by atoms with E-state index < -0.39 is 0 Å². The molecule has 1 heterocycles. The van der Waals surface area contributed by atoms with E-state index >= 15 is 0 Å². The summed E-state index contributed by atoms with van der Waals surface area (Å²) >= 11 is 3.35. The Morgan fingerprint density at radius 1 is 1.14 bits per heavy atom. The van der Waals surface area contributed by atoms with Crippen molar-refractivity contribution in [2.75, 3.05) is 11.9 Å². The van der Waals surface area contributed by atoms with Crippen molar-refractivity contribution in [2.45, 2.75) is 0 Å². The Morgan fingerprint density at radius 2 is 1.91 bits per heavy atom. The van der Waals surface area contributed by atoms with E-state index in [2.05, 4.69) is 26.2 Å². The highest BCUT2D eigenvalue weighted by molar-refractivity contribution is 9.10. The standard InChI is InChI=1S/C17H13BrN2O2/c18-13-5-7-15(8-6-13)22-11-17(21)20-14-9-12-3-1-2-4-16(12)19-10-14/h1-10H,11H2,(H,20,21). The van der Waals surface area contributed by atoms with Gasteiger partial charge in [-0.05, 0) is 36.4 Å². The number of hydrogen-bond acceptors (Lipinski definition) is 3. The van der Waals surface area contributed by atoms with Crippen LogP contribution in [0.2, 0.25) is 0 Å². The van der Waals surface area contributed by atoms with Crippen LogP contribution in [0.25, 0.3) is 10.9 Å². The Kier molecular flexibility index (Phi) is 4.34. The lowest BCUT2D eigenvalue weighted by Gasteiger charge is -2.08. The second-order valence-electron chi connectivity index (χ2n) is 4.71. The molecule has 0 unspecified atom stereocenters. The van der Waals surface area contributed by atoms with E-state index in [0.717, 1.165) is 15.4 Å². The maximum atomic E-state index is 11.9. The average molecular weight is 357 g/mol. The fourth-order valence-corrected chi connectivity index (χ4v) is 2.28. The summed E-state index contributed by atoms with van der Waals surface area (Å²) in [7, 11) is 0. The first kappa shape index (κ1) is 14.5. The molecule has 0 aliphatic rings. The van der Waals surface area contributed by atoms with Crippen molar-refractivity contribution in [3.63, 3.8) is 0 Å². The molecule has 0 aliphatic carbocycles. The number of nitrogens with one attached hydrogen (secondary N) is 1. The SMILES string of the molecule is O=C(COc1ccc(Br)cc1)Nc1cnc2ccccc2c1. The number of nitrogens with zero attached hydrogens (tertiary/aromatic N) is 1. The highest BCUT2D eigenvalue weighted by Crippen LogP contribution is 2.17. The minimum Gasteiger partial charge on any atom is -0.484 e. The molecule has 3 rings (SSSR count). The molecule has 1 N–H and O–H groups in total. The molecule has 0 bridgehead atoms. The summed E-state index contributed by atoms with van der Waals surface area (Å²) in [4.78, 5) is 16.2. The summed E-state index contributed by atoms with van der Waals surface area (Å²) < 4.78 is 6.39. The van der Waals surface area contributed by atoms with Crippen LogP contribution in [0.5, 0.6) is 5.75 Å². The molecule has 22 heavy (non-hydrogen) atoms. The van der Waals surface area contributed by atoms with E-state index in [4.69, 9.17) is 4.74 Å². The Morgan fingerprint density at radius 3 is 2.73 bits per heavy atom. The van der Waals surface area contributed by atoms with E-state index in [9.17, 15) is 4.79 Å². The van der Waals surface area contributed by atoms with Crippen LogP contribution in [-0.2, 0) is 4.79 Å². The number of carbonyl (C=O) groups excluding carboxylic acids is 1. The number of para-hydroxylation sites is 1. The maximum absolute atomic E-state index is 11.9. The minimum atomic E-state index is -0.222. The quantitative estimate of drug-likeness (QED) is 0.768. The highest BCUT2D eigenvalue weighted by Gasteiger charge is 2.05. The summed E-state index contributed by atoms with van der Waals surface area (Å²) in [5, 5.41) is 3.76. The van der Waals surface area contributed by atoms with Crippen molar-refractivity contribution in [1.82, 2.24) is 4.98 Å². The molecule has 3 aromatic rings. The van der Waals surface area contributed by atoms with Crippen LogP contribution in [0.15, 0.2) is 65.3 Å². The van der Waals surface area contributed by atoms with Crippen molar-refractivity contribution >= 4 is 38.4 Å². The molecular weight excluding hydrogens is 344 g/mol. The van der Waals surface area contributed by atoms with Gasteiger partial charge in [0, 0.05) is 9.86 Å². The Hall–Kier alpha value is -2.40. The lowest BCUT2D eigenvalue weighted by atomic mass is 10.2. The number of fused-ring (bicyclic) bond motifs is 1. The van der Waals surface area contributed by atoms with E-state index in [1.165, 1.54) is 0 Å². The number of anilines is 1. The van der Waals surface area contributed by atoms with E-state index in [1.54, 1.807) is 18.3 Å². The lowest BCUT2D eigenvalue weighted by molar-refractivity contribution is -0.118. The van der Waals surface area contributed by atoms with Gasteiger partial charge in [-0.1, -0.05) is 34.1 Å². The maximum Gasteiger partial charge on any atom is 0.262 e. The highest BCUT2D eigenvalue weighted by atomic mass is 79.9. The van der Waals surface area contributed by atoms with Crippen LogP contribution >= 0.6 is 15.9 Å². The Bertz CT molecular complexity index is 803. The van der Waals surface area contributed by atoms with Crippen molar-refractivity contribution in [3.8, 4) is 5.75 Å². The van der Waals surface area contributed by atoms with Gasteiger partial charge in [0.15, 0.2) is 6.61 Å². The fourth-order valence-electron chi connectivity index (χ4n) is 2.02. The zero-order chi connectivity index (χ0) is 15.4. The summed E-state index contributed by atoms with van der Waals surface area (Å²) in [6.45, 7) is -0.0472. The van der Waals surface area contributed by atoms with Crippen molar-refractivity contribution in [1.29, 1.82) is 0 Å². The lowest BCUT2D eigenvalue weighted by Crippen LogP contribution is -2.20. The van der Waals surface area contributed by atoms with Gasteiger partial charge in [-0.15, -0.1) is 0 Å². The molecule has 0 saturated carbocycles. The summed E-state index contributed by atoms with van der Waals surface area (Å²) in [6, 6.07) is 17.0. The predicted octanol–water partition coefficient (Wildman–Crippen LogP) is 4.01. The van der Waals surface area contributed by atoms with E-state index in [0.29, 0.717) is 11.4 Å². The molecule has 110 valence electrons. The smallest absolute Gasteiger partial charge is 0.262 e. The molecule has 0 atom stereocenters. The van der Waals surface area contributed by atoms with Crippen LogP contribution < -0.4 is 10.1 Å². The van der Waals surface area contributed by atoms with Crippen LogP contribution in [0.4, 0.5) is 5.69 Å². The number of pyridine rings is 1. The third kappa shape index (κ3) is 3.62. The molecular formula is C17H13BrN2O2. The van der Waals surface area contributed by atoms with Gasteiger partial charge in [0.1, 0.15) is 5.75 Å². The number of amides is 1. The van der Waals surface area contributed by atoms with Gasteiger partial charge in [-0.2, -0.15) is 0 Å². The Labute approximate surface area is 136 Å². The second-order valence-corrected chi connectivity index (χ2v) is 5.62. The molecule has 1 amide bonds.